The number of rotatable bonds is 1. The first kappa shape index (κ1) is 11.0. The van der Waals surface area contributed by atoms with Gasteiger partial charge in [-0.2, -0.15) is 0 Å². The highest BCUT2D eigenvalue weighted by molar-refractivity contribution is 5.94. The monoisotopic (exact) mass is 221 g/mol. The molecule has 16 heavy (non-hydrogen) atoms. The van der Waals surface area contributed by atoms with Crippen molar-refractivity contribution in [3.05, 3.63) is 29.8 Å². The minimum Gasteiger partial charge on any atom is -0.508 e. The van der Waals surface area contributed by atoms with E-state index in [0.717, 1.165) is 0 Å². The second-order valence-corrected chi connectivity index (χ2v) is 4.52. The van der Waals surface area contributed by atoms with E-state index in [9.17, 15) is 9.90 Å². The van der Waals surface area contributed by atoms with Crippen molar-refractivity contribution in [2.75, 3.05) is 13.1 Å². The van der Waals surface area contributed by atoms with Crippen LogP contribution in [0.3, 0.4) is 0 Å². The lowest BCUT2D eigenvalue weighted by molar-refractivity contribution is 0.0572. The molecule has 2 rings (SSSR count). The van der Waals surface area contributed by atoms with E-state index in [4.69, 9.17) is 5.11 Å². The van der Waals surface area contributed by atoms with Gasteiger partial charge in [-0.25, -0.2) is 0 Å². The van der Waals surface area contributed by atoms with Gasteiger partial charge < -0.3 is 15.1 Å². The maximum atomic E-state index is 12.0. The fraction of sp³-hybridized carbons (Fsp3) is 0.417. The highest BCUT2D eigenvalue weighted by Crippen LogP contribution is 2.22. The summed E-state index contributed by atoms with van der Waals surface area (Å²) in [6.07, 6.45) is 0.608. The molecule has 1 fully saturated rings. The van der Waals surface area contributed by atoms with Gasteiger partial charge in [0.2, 0.25) is 0 Å². The molecule has 0 saturated carbocycles. The molecule has 86 valence electrons. The number of aliphatic hydroxyl groups is 1. The van der Waals surface area contributed by atoms with Crippen LogP contribution in [0.15, 0.2) is 24.3 Å². The number of carbonyl (C=O) groups excluding carboxylic acids is 1. The van der Waals surface area contributed by atoms with E-state index in [2.05, 4.69) is 0 Å². The highest BCUT2D eigenvalue weighted by Gasteiger charge is 2.34. The van der Waals surface area contributed by atoms with Crippen molar-refractivity contribution >= 4 is 5.91 Å². The molecule has 1 aromatic carbocycles. The molecule has 1 aliphatic heterocycles. The summed E-state index contributed by atoms with van der Waals surface area (Å²) in [5.41, 5.74) is -0.234. The minimum absolute atomic E-state index is 0.0993. The van der Waals surface area contributed by atoms with Crippen molar-refractivity contribution in [3.63, 3.8) is 0 Å². The lowest BCUT2D eigenvalue weighted by Gasteiger charge is -2.19. The Morgan fingerprint density at radius 1 is 1.38 bits per heavy atom. The summed E-state index contributed by atoms with van der Waals surface area (Å²) in [6, 6.07) is 6.15. The molecule has 0 aromatic heterocycles. The number of nitrogens with zero attached hydrogens (tertiary/aromatic N) is 1. The fourth-order valence-electron chi connectivity index (χ4n) is 1.91. The van der Waals surface area contributed by atoms with Gasteiger partial charge in [0.15, 0.2) is 0 Å². The number of likely N-dealkylation sites (tertiary alicyclic amines) is 1. The van der Waals surface area contributed by atoms with Crippen molar-refractivity contribution in [3.8, 4) is 5.75 Å². The molecule has 2 N–H and O–H groups in total. The highest BCUT2D eigenvalue weighted by atomic mass is 16.3. The minimum atomic E-state index is -0.771. The van der Waals surface area contributed by atoms with Gasteiger partial charge in [0, 0.05) is 18.7 Å². The zero-order valence-electron chi connectivity index (χ0n) is 9.18. The summed E-state index contributed by atoms with van der Waals surface area (Å²) in [6.45, 7) is 2.68. The molecule has 1 amide bonds. The number of carbonyl (C=O) groups is 1. The standard InChI is InChI=1S/C12H15NO3/c1-12(16)6-7-13(8-12)11(15)9-2-4-10(14)5-3-9/h2-5,14,16H,6-8H2,1H3. The Balaban J connectivity index is 2.12. The number of phenols is 1. The average Bonchev–Trinajstić information content (AvgIpc) is 2.59. The normalized spacial score (nSPS) is 24.8. The van der Waals surface area contributed by atoms with E-state index < -0.39 is 5.60 Å². The summed E-state index contributed by atoms with van der Waals surface area (Å²) in [5.74, 6) is 0.0442. The van der Waals surface area contributed by atoms with E-state index in [1.54, 1.807) is 24.0 Å². The van der Waals surface area contributed by atoms with Crippen molar-refractivity contribution < 1.29 is 15.0 Å². The van der Waals surface area contributed by atoms with Gasteiger partial charge in [0.1, 0.15) is 5.75 Å². The Labute approximate surface area is 94.1 Å². The molecular formula is C12H15NO3. The molecule has 1 aliphatic rings. The maximum Gasteiger partial charge on any atom is 0.253 e. The summed E-state index contributed by atoms with van der Waals surface area (Å²) in [7, 11) is 0. The fourth-order valence-corrected chi connectivity index (χ4v) is 1.91. The number of hydrogen-bond donors (Lipinski definition) is 2. The summed E-state index contributed by atoms with van der Waals surface area (Å²) in [5, 5.41) is 18.9. The number of β-amino-alcohol motifs (C(OH)–C–C–N with tert-alkyl or cyclic N) is 1. The van der Waals surface area contributed by atoms with Crippen LogP contribution in [0.4, 0.5) is 0 Å². The molecular weight excluding hydrogens is 206 g/mol. The summed E-state index contributed by atoms with van der Waals surface area (Å²) < 4.78 is 0. The molecule has 4 heteroatoms. The summed E-state index contributed by atoms with van der Waals surface area (Å²) >= 11 is 0. The first-order valence-electron chi connectivity index (χ1n) is 5.29. The first-order valence-corrected chi connectivity index (χ1v) is 5.29. The van der Waals surface area contributed by atoms with E-state index >= 15 is 0 Å². The van der Waals surface area contributed by atoms with Crippen LogP contribution >= 0.6 is 0 Å². The molecule has 1 aromatic rings. The predicted octanol–water partition coefficient (Wildman–Crippen LogP) is 0.989. The van der Waals surface area contributed by atoms with Gasteiger partial charge in [-0.3, -0.25) is 4.79 Å². The van der Waals surface area contributed by atoms with Gasteiger partial charge in [-0.15, -0.1) is 0 Å². The molecule has 0 spiro atoms. The van der Waals surface area contributed by atoms with E-state index in [1.807, 2.05) is 0 Å². The van der Waals surface area contributed by atoms with Crippen LogP contribution in [0.25, 0.3) is 0 Å². The predicted molar refractivity (Wildman–Crippen MR) is 59.3 cm³/mol. The lowest BCUT2D eigenvalue weighted by atomic mass is 10.1. The SMILES string of the molecule is CC1(O)CCN(C(=O)c2ccc(O)cc2)C1. The Kier molecular flexibility index (Phi) is 2.59. The van der Waals surface area contributed by atoms with Gasteiger partial charge in [-0.1, -0.05) is 0 Å². The molecule has 1 heterocycles. The van der Waals surface area contributed by atoms with Crippen molar-refractivity contribution in [1.82, 2.24) is 4.90 Å². The quantitative estimate of drug-likeness (QED) is 0.743. The van der Waals surface area contributed by atoms with E-state index in [1.165, 1.54) is 12.1 Å². The topological polar surface area (TPSA) is 60.8 Å². The third-order valence-electron chi connectivity index (χ3n) is 2.85. The second-order valence-electron chi connectivity index (χ2n) is 4.52. The maximum absolute atomic E-state index is 12.0. The molecule has 1 saturated heterocycles. The van der Waals surface area contributed by atoms with Crippen LogP contribution in [-0.2, 0) is 0 Å². The third-order valence-corrected chi connectivity index (χ3v) is 2.85. The van der Waals surface area contributed by atoms with Gasteiger partial charge in [0.05, 0.1) is 5.60 Å². The van der Waals surface area contributed by atoms with Crippen molar-refractivity contribution in [2.45, 2.75) is 18.9 Å². The Bertz CT molecular complexity index is 397. The average molecular weight is 221 g/mol. The smallest absolute Gasteiger partial charge is 0.253 e. The molecule has 4 nitrogen and oxygen atoms in total. The Morgan fingerprint density at radius 3 is 2.50 bits per heavy atom. The van der Waals surface area contributed by atoms with Crippen LogP contribution in [0.5, 0.6) is 5.75 Å². The van der Waals surface area contributed by atoms with Crippen LogP contribution in [0.2, 0.25) is 0 Å². The van der Waals surface area contributed by atoms with E-state index in [-0.39, 0.29) is 11.7 Å². The number of hydrogen-bond acceptors (Lipinski definition) is 3. The molecule has 1 unspecified atom stereocenters. The molecule has 1 atom stereocenters. The van der Waals surface area contributed by atoms with Crippen molar-refractivity contribution in [2.24, 2.45) is 0 Å². The molecule has 0 aliphatic carbocycles. The third kappa shape index (κ3) is 2.17. The van der Waals surface area contributed by atoms with Gasteiger partial charge >= 0.3 is 0 Å². The first-order chi connectivity index (χ1) is 7.48. The zero-order valence-corrected chi connectivity index (χ0v) is 9.18. The van der Waals surface area contributed by atoms with E-state index in [0.29, 0.717) is 25.1 Å². The molecule has 0 bridgehead atoms. The van der Waals surface area contributed by atoms with Crippen LogP contribution in [-0.4, -0.2) is 39.7 Å². The Morgan fingerprint density at radius 2 is 2.00 bits per heavy atom. The number of amides is 1. The number of benzene rings is 1. The van der Waals surface area contributed by atoms with Crippen LogP contribution in [0.1, 0.15) is 23.7 Å². The number of phenolic OH excluding ortho intramolecular Hbond substituents is 1. The zero-order chi connectivity index (χ0) is 11.8. The molecule has 0 radical (unpaired) electrons. The number of aromatic hydroxyl groups is 1. The van der Waals surface area contributed by atoms with Gasteiger partial charge in [0.25, 0.3) is 5.91 Å². The second kappa shape index (κ2) is 3.79. The lowest BCUT2D eigenvalue weighted by Crippen LogP contribution is -2.33. The Hall–Kier alpha value is -1.55. The van der Waals surface area contributed by atoms with Crippen LogP contribution in [0, 0.1) is 0 Å². The van der Waals surface area contributed by atoms with Crippen molar-refractivity contribution in [1.29, 1.82) is 0 Å². The summed E-state index contributed by atoms with van der Waals surface area (Å²) in [4.78, 5) is 13.6. The van der Waals surface area contributed by atoms with Gasteiger partial charge in [-0.05, 0) is 37.6 Å². The largest absolute Gasteiger partial charge is 0.508 e. The van der Waals surface area contributed by atoms with Crippen LogP contribution < -0.4 is 0 Å².